The fourth-order valence-electron chi connectivity index (χ4n) is 7.18. The molecule has 0 fully saturated rings. The molecule has 0 bridgehead atoms. The van der Waals surface area contributed by atoms with Crippen LogP contribution in [0.3, 0.4) is 0 Å². The molecule has 2 aliphatic rings. The molecule has 0 spiro atoms. The van der Waals surface area contributed by atoms with Crippen molar-refractivity contribution < 1.29 is 45.3 Å². The number of hydrogen-bond donors (Lipinski definition) is 8. The van der Waals surface area contributed by atoms with Gasteiger partial charge in [-0.1, -0.05) is 78.9 Å². The van der Waals surface area contributed by atoms with Gasteiger partial charge < -0.3 is 45.3 Å². The summed E-state index contributed by atoms with van der Waals surface area (Å²) in [5, 5.41) is 87.0. The summed E-state index contributed by atoms with van der Waals surface area (Å²) >= 11 is 0. The molecule has 228 valence electrons. The van der Waals surface area contributed by atoms with Crippen molar-refractivity contribution in [3.63, 3.8) is 0 Å². The second kappa shape index (κ2) is 9.64. The molecule has 9 nitrogen and oxygen atoms in total. The van der Waals surface area contributed by atoms with Crippen molar-refractivity contribution in [1.82, 2.24) is 0 Å². The molecule has 1 heterocycles. The molecule has 6 aromatic rings. The number of rotatable bonds is 3. The van der Waals surface area contributed by atoms with Crippen LogP contribution in [-0.2, 0) is 0 Å². The third-order valence-electron chi connectivity index (χ3n) is 9.31. The Morgan fingerprint density at radius 2 is 1.09 bits per heavy atom. The number of allylic oxidation sites excluding steroid dienone is 2. The Hall–Kier alpha value is -6.22. The van der Waals surface area contributed by atoms with E-state index in [1.165, 1.54) is 0 Å². The van der Waals surface area contributed by atoms with E-state index in [-0.39, 0.29) is 11.1 Å². The summed E-state index contributed by atoms with van der Waals surface area (Å²) in [6, 6.07) is 29.0. The zero-order valence-electron chi connectivity index (χ0n) is 23.9. The molecule has 0 amide bonds. The van der Waals surface area contributed by atoms with Crippen molar-refractivity contribution in [3.05, 3.63) is 131 Å². The molecule has 8 rings (SSSR count). The number of hydrogen-bond acceptors (Lipinski definition) is 9. The third-order valence-corrected chi connectivity index (χ3v) is 9.31. The van der Waals surface area contributed by atoms with Crippen molar-refractivity contribution in [2.45, 2.75) is 11.8 Å². The van der Waals surface area contributed by atoms with Crippen LogP contribution in [0.4, 0.5) is 0 Å². The SMILES string of the molecule is OC1=C(O)C2c3c(O)c(O)c(O)c(O)c3C(c3ccc(-c4cccc(-c5cccc6c5oc5ccccc56)c4)cc3)C2C(O)=C1O. The zero-order chi connectivity index (χ0) is 32.0. The highest BCUT2D eigenvalue weighted by Crippen LogP contribution is 2.65. The van der Waals surface area contributed by atoms with E-state index < -0.39 is 63.8 Å². The third kappa shape index (κ3) is 3.62. The maximum absolute atomic E-state index is 11.0. The van der Waals surface area contributed by atoms with Crippen molar-refractivity contribution in [3.8, 4) is 45.3 Å². The summed E-state index contributed by atoms with van der Waals surface area (Å²) in [6.45, 7) is 0. The lowest BCUT2D eigenvalue weighted by atomic mass is 9.77. The average molecular weight is 615 g/mol. The second-order valence-electron chi connectivity index (χ2n) is 11.7. The van der Waals surface area contributed by atoms with Gasteiger partial charge in [-0.3, -0.25) is 0 Å². The number of aliphatic hydroxyl groups excluding tert-OH is 4. The molecule has 8 N–H and O–H groups in total. The van der Waals surface area contributed by atoms with E-state index in [0.717, 1.165) is 44.2 Å². The van der Waals surface area contributed by atoms with Crippen LogP contribution in [0.25, 0.3) is 44.2 Å². The van der Waals surface area contributed by atoms with E-state index in [9.17, 15) is 40.9 Å². The van der Waals surface area contributed by atoms with Crippen molar-refractivity contribution in [2.75, 3.05) is 0 Å². The fraction of sp³-hybridized carbons (Fsp3) is 0.0811. The highest BCUT2D eigenvalue weighted by atomic mass is 16.4. The zero-order valence-corrected chi connectivity index (χ0v) is 23.9. The first kappa shape index (κ1) is 27.3. The monoisotopic (exact) mass is 614 g/mol. The topological polar surface area (TPSA) is 175 Å². The van der Waals surface area contributed by atoms with Crippen molar-refractivity contribution >= 4 is 21.9 Å². The molecule has 2 aliphatic carbocycles. The molecule has 0 aliphatic heterocycles. The van der Waals surface area contributed by atoms with Crippen LogP contribution < -0.4 is 0 Å². The fourth-order valence-corrected chi connectivity index (χ4v) is 7.18. The summed E-state index contributed by atoms with van der Waals surface area (Å²) in [6.07, 6.45) is 0. The molecule has 0 saturated carbocycles. The van der Waals surface area contributed by atoms with Gasteiger partial charge in [0, 0.05) is 39.3 Å². The molecule has 9 heteroatoms. The quantitative estimate of drug-likeness (QED) is 0.0720. The van der Waals surface area contributed by atoms with E-state index in [1.807, 2.05) is 78.9 Å². The normalized spacial score (nSPS) is 19.2. The first-order valence-electron chi connectivity index (χ1n) is 14.5. The molecule has 1 aromatic heterocycles. The van der Waals surface area contributed by atoms with Gasteiger partial charge in [-0.2, -0.15) is 0 Å². The second-order valence-corrected chi connectivity index (χ2v) is 11.7. The van der Waals surface area contributed by atoms with Crippen LogP contribution >= 0.6 is 0 Å². The molecule has 3 unspecified atom stereocenters. The van der Waals surface area contributed by atoms with Crippen LogP contribution in [0.5, 0.6) is 23.0 Å². The molecule has 0 radical (unpaired) electrons. The van der Waals surface area contributed by atoms with Gasteiger partial charge in [0.1, 0.15) is 22.7 Å². The number of phenolic OH excluding ortho intramolecular Hbond substituents is 4. The summed E-state index contributed by atoms with van der Waals surface area (Å²) in [5.74, 6) is -10.5. The van der Waals surface area contributed by atoms with Crippen LogP contribution in [0, 0.1) is 5.92 Å². The summed E-state index contributed by atoms with van der Waals surface area (Å²) in [4.78, 5) is 0. The van der Waals surface area contributed by atoms with Gasteiger partial charge in [0.25, 0.3) is 0 Å². The van der Waals surface area contributed by atoms with E-state index in [0.29, 0.717) is 5.56 Å². The molecule has 0 saturated heterocycles. The maximum atomic E-state index is 11.0. The minimum Gasteiger partial charge on any atom is -0.508 e. The van der Waals surface area contributed by atoms with E-state index in [2.05, 4.69) is 0 Å². The van der Waals surface area contributed by atoms with Gasteiger partial charge in [-0.05, 0) is 34.4 Å². The lowest BCUT2D eigenvalue weighted by Gasteiger charge is -2.29. The van der Waals surface area contributed by atoms with E-state index in [1.54, 1.807) is 12.1 Å². The number of aliphatic hydroxyl groups is 4. The van der Waals surface area contributed by atoms with Crippen LogP contribution in [-0.4, -0.2) is 40.9 Å². The predicted octanol–water partition coefficient (Wildman–Crippen LogP) is 8.26. The lowest BCUT2D eigenvalue weighted by molar-refractivity contribution is 0.183. The Morgan fingerprint density at radius 3 is 1.83 bits per heavy atom. The maximum Gasteiger partial charge on any atom is 0.204 e. The first-order chi connectivity index (χ1) is 22.2. The molecule has 5 aromatic carbocycles. The van der Waals surface area contributed by atoms with E-state index >= 15 is 0 Å². The number of furan rings is 1. The molecular formula is C37H26O9. The van der Waals surface area contributed by atoms with Crippen LogP contribution in [0.1, 0.15) is 28.5 Å². The Morgan fingerprint density at radius 1 is 0.478 bits per heavy atom. The number of fused-ring (bicyclic) bond motifs is 6. The largest absolute Gasteiger partial charge is 0.508 e. The number of para-hydroxylation sites is 2. The van der Waals surface area contributed by atoms with Crippen LogP contribution in [0.15, 0.2) is 118 Å². The number of benzene rings is 5. The van der Waals surface area contributed by atoms with Crippen molar-refractivity contribution in [2.24, 2.45) is 5.92 Å². The summed E-state index contributed by atoms with van der Waals surface area (Å²) in [7, 11) is 0. The number of phenols is 4. The van der Waals surface area contributed by atoms with Gasteiger partial charge in [-0.25, -0.2) is 0 Å². The Kier molecular flexibility index (Phi) is 5.73. The van der Waals surface area contributed by atoms with Gasteiger partial charge in [0.05, 0.1) is 5.92 Å². The highest BCUT2D eigenvalue weighted by molar-refractivity contribution is 6.09. The summed E-state index contributed by atoms with van der Waals surface area (Å²) < 4.78 is 6.24. The predicted molar refractivity (Wildman–Crippen MR) is 170 cm³/mol. The van der Waals surface area contributed by atoms with Crippen molar-refractivity contribution in [1.29, 1.82) is 0 Å². The Balaban J connectivity index is 1.23. The smallest absolute Gasteiger partial charge is 0.204 e. The standard InChI is InChI=1S/C37H26O9/c38-29-25-24(26-28(27(25)31(40)35(44)33(29)42)32(41)36(45)34(43)30(26)39)17-13-11-16(12-14-17)18-5-3-6-19(15-18)20-8-4-9-22-21-7-1-2-10-23(21)46-37(20)22/h1-15,24-25,27,38-45H. The molecular weight excluding hydrogens is 588 g/mol. The Bertz CT molecular complexity index is 2310. The van der Waals surface area contributed by atoms with Gasteiger partial charge in [0.2, 0.25) is 11.5 Å². The Labute approximate surface area is 260 Å². The molecule has 46 heavy (non-hydrogen) atoms. The van der Waals surface area contributed by atoms with Crippen LogP contribution in [0.2, 0.25) is 0 Å². The number of aromatic hydroxyl groups is 4. The minimum absolute atomic E-state index is 0.0722. The van der Waals surface area contributed by atoms with Gasteiger partial charge in [0.15, 0.2) is 23.0 Å². The van der Waals surface area contributed by atoms with Gasteiger partial charge in [-0.15, -0.1) is 0 Å². The first-order valence-corrected chi connectivity index (χ1v) is 14.5. The average Bonchev–Trinajstić information content (AvgIpc) is 3.65. The minimum atomic E-state index is -1.34. The summed E-state index contributed by atoms with van der Waals surface area (Å²) in [5.41, 5.74) is 5.45. The lowest BCUT2D eigenvalue weighted by Crippen LogP contribution is -2.24. The molecule has 3 atom stereocenters. The van der Waals surface area contributed by atoms with E-state index in [4.69, 9.17) is 4.42 Å². The van der Waals surface area contributed by atoms with Gasteiger partial charge >= 0.3 is 0 Å². The highest BCUT2D eigenvalue weighted by Gasteiger charge is 2.54.